The van der Waals surface area contributed by atoms with E-state index in [1.54, 1.807) is 29.9 Å². The smallest absolute Gasteiger partial charge is 0.263 e. The van der Waals surface area contributed by atoms with Gasteiger partial charge < -0.3 is 9.72 Å². The molecule has 0 saturated carbocycles. The number of ether oxygens (including phenoxy) is 1. The molecular weight excluding hydrogens is 358 g/mol. The Hall–Kier alpha value is -2.72. The van der Waals surface area contributed by atoms with Crippen LogP contribution in [0.15, 0.2) is 40.2 Å². The summed E-state index contributed by atoms with van der Waals surface area (Å²) in [4.78, 5) is 14.4. The van der Waals surface area contributed by atoms with E-state index in [2.05, 4.69) is 20.0 Å². The van der Waals surface area contributed by atoms with Crippen molar-refractivity contribution in [2.45, 2.75) is 24.3 Å². The highest BCUT2D eigenvalue weighted by atomic mass is 32.2. The molecule has 1 aromatic carbocycles. The fourth-order valence-corrected chi connectivity index (χ4v) is 3.91. The zero-order valence-electron chi connectivity index (χ0n) is 14.0. The summed E-state index contributed by atoms with van der Waals surface area (Å²) in [6.45, 7) is 2.87. The fraction of sp³-hybridized carbons (Fsp3) is 0.312. The molecule has 1 unspecified atom stereocenters. The number of pyridine rings is 1. The second-order valence-corrected chi connectivity index (χ2v) is 7.92. The Balaban J connectivity index is 1.63. The third-order valence-corrected chi connectivity index (χ3v) is 5.69. The van der Waals surface area contributed by atoms with Gasteiger partial charge >= 0.3 is 0 Å². The lowest BCUT2D eigenvalue weighted by Crippen LogP contribution is -2.14. The van der Waals surface area contributed by atoms with Gasteiger partial charge in [0.25, 0.3) is 15.6 Å². The number of aryl methyl sites for hydroxylation is 1. The summed E-state index contributed by atoms with van der Waals surface area (Å²) in [5, 5.41) is 8.48. The number of aromatic nitrogens is 4. The van der Waals surface area contributed by atoms with E-state index in [0.717, 1.165) is 6.42 Å². The second-order valence-electron chi connectivity index (χ2n) is 6.24. The number of rotatable bonds is 4. The van der Waals surface area contributed by atoms with Crippen LogP contribution in [0.4, 0.5) is 5.82 Å². The normalized spacial score (nSPS) is 17.7. The molecule has 0 radical (unpaired) electrons. The molecule has 10 heteroatoms. The maximum Gasteiger partial charge on any atom is 0.263 e. The number of H-pyrrole nitrogens is 1. The standard InChI is InChI=1S/C16H17N5O4S/c1-10-6-11-7-13(2-3-14(11)17-16(10)22)26(23,24)19-15-8-21(20-18-15)12-4-5-25-9-12/h2-3,6-8,12,19H,4-5,9H2,1H3,(H,17,22). The number of sulfonamides is 1. The number of fused-ring (bicyclic) bond motifs is 1. The first-order valence-electron chi connectivity index (χ1n) is 8.08. The van der Waals surface area contributed by atoms with Crippen LogP contribution in [0.1, 0.15) is 18.0 Å². The molecule has 1 fully saturated rings. The van der Waals surface area contributed by atoms with Crippen LogP contribution < -0.4 is 10.3 Å². The highest BCUT2D eigenvalue weighted by Crippen LogP contribution is 2.21. The number of aromatic amines is 1. The highest BCUT2D eigenvalue weighted by molar-refractivity contribution is 7.92. The molecule has 0 spiro atoms. The monoisotopic (exact) mass is 375 g/mol. The first kappa shape index (κ1) is 16.7. The van der Waals surface area contributed by atoms with E-state index < -0.39 is 10.0 Å². The predicted octanol–water partition coefficient (Wildman–Crippen LogP) is 1.19. The van der Waals surface area contributed by atoms with Crippen LogP contribution in [0.25, 0.3) is 10.9 Å². The number of benzene rings is 1. The van der Waals surface area contributed by atoms with E-state index in [1.807, 2.05) is 0 Å². The first-order valence-corrected chi connectivity index (χ1v) is 9.57. The van der Waals surface area contributed by atoms with Gasteiger partial charge in [-0.1, -0.05) is 5.21 Å². The third kappa shape index (κ3) is 3.08. The summed E-state index contributed by atoms with van der Waals surface area (Å²) in [7, 11) is -3.83. The molecule has 1 aliphatic heterocycles. The molecule has 136 valence electrons. The number of hydrogen-bond acceptors (Lipinski definition) is 6. The summed E-state index contributed by atoms with van der Waals surface area (Å²) >= 11 is 0. The lowest BCUT2D eigenvalue weighted by Gasteiger charge is -2.07. The minimum Gasteiger partial charge on any atom is -0.379 e. The van der Waals surface area contributed by atoms with Crippen molar-refractivity contribution in [1.82, 2.24) is 20.0 Å². The fourth-order valence-electron chi connectivity index (χ4n) is 2.89. The Morgan fingerprint density at radius 1 is 1.35 bits per heavy atom. The topological polar surface area (TPSA) is 119 Å². The van der Waals surface area contributed by atoms with E-state index in [-0.39, 0.29) is 22.3 Å². The van der Waals surface area contributed by atoms with Crippen molar-refractivity contribution in [3.8, 4) is 0 Å². The van der Waals surface area contributed by atoms with Crippen molar-refractivity contribution in [3.63, 3.8) is 0 Å². The minimum atomic E-state index is -3.83. The van der Waals surface area contributed by atoms with Crippen molar-refractivity contribution >= 4 is 26.7 Å². The molecule has 3 heterocycles. The average molecular weight is 375 g/mol. The summed E-state index contributed by atoms with van der Waals surface area (Å²) in [5.74, 6) is 0.148. The van der Waals surface area contributed by atoms with E-state index >= 15 is 0 Å². The van der Waals surface area contributed by atoms with Crippen LogP contribution in [0.2, 0.25) is 0 Å². The van der Waals surface area contributed by atoms with E-state index in [0.29, 0.717) is 29.7 Å². The van der Waals surface area contributed by atoms with Gasteiger partial charge in [0.05, 0.1) is 23.7 Å². The number of nitrogens with one attached hydrogen (secondary N) is 2. The van der Waals surface area contributed by atoms with Gasteiger partial charge in [0.15, 0.2) is 5.82 Å². The quantitative estimate of drug-likeness (QED) is 0.707. The maximum absolute atomic E-state index is 12.6. The van der Waals surface area contributed by atoms with E-state index in [1.165, 1.54) is 12.1 Å². The van der Waals surface area contributed by atoms with Gasteiger partial charge in [-0.15, -0.1) is 5.10 Å². The van der Waals surface area contributed by atoms with Crippen LogP contribution in [0.5, 0.6) is 0 Å². The number of hydrogen-bond donors (Lipinski definition) is 2. The Kier molecular flexibility index (Phi) is 4.00. The molecule has 2 aromatic heterocycles. The molecule has 1 atom stereocenters. The molecule has 1 saturated heterocycles. The highest BCUT2D eigenvalue weighted by Gasteiger charge is 2.21. The largest absolute Gasteiger partial charge is 0.379 e. The van der Waals surface area contributed by atoms with Gasteiger partial charge in [0.1, 0.15) is 0 Å². The summed E-state index contributed by atoms with van der Waals surface area (Å²) in [6, 6.07) is 6.24. The molecule has 26 heavy (non-hydrogen) atoms. The van der Waals surface area contributed by atoms with Crippen molar-refractivity contribution in [2.24, 2.45) is 0 Å². The zero-order chi connectivity index (χ0) is 18.3. The van der Waals surface area contributed by atoms with Crippen molar-refractivity contribution in [3.05, 3.63) is 46.4 Å². The lowest BCUT2D eigenvalue weighted by atomic mass is 10.2. The van der Waals surface area contributed by atoms with E-state index in [4.69, 9.17) is 4.74 Å². The van der Waals surface area contributed by atoms with Gasteiger partial charge in [-0.2, -0.15) is 0 Å². The van der Waals surface area contributed by atoms with Crippen LogP contribution in [0.3, 0.4) is 0 Å². The molecule has 3 aromatic rings. The average Bonchev–Trinajstić information content (AvgIpc) is 3.26. The summed E-state index contributed by atoms with van der Waals surface area (Å²) in [6.07, 6.45) is 2.37. The van der Waals surface area contributed by atoms with Crippen molar-refractivity contribution in [1.29, 1.82) is 0 Å². The van der Waals surface area contributed by atoms with Crippen LogP contribution in [0, 0.1) is 6.92 Å². The van der Waals surface area contributed by atoms with Crippen LogP contribution in [-0.4, -0.2) is 41.6 Å². The van der Waals surface area contributed by atoms with Gasteiger partial charge in [0.2, 0.25) is 0 Å². The van der Waals surface area contributed by atoms with Gasteiger partial charge in [-0.05, 0) is 43.0 Å². The van der Waals surface area contributed by atoms with Gasteiger partial charge in [-0.25, -0.2) is 13.1 Å². The molecule has 1 aliphatic rings. The predicted molar refractivity (Wildman–Crippen MR) is 94.6 cm³/mol. The molecular formula is C16H17N5O4S. The minimum absolute atomic E-state index is 0.0706. The van der Waals surface area contributed by atoms with Crippen molar-refractivity contribution in [2.75, 3.05) is 17.9 Å². The lowest BCUT2D eigenvalue weighted by molar-refractivity contribution is 0.184. The number of anilines is 1. The molecule has 0 aliphatic carbocycles. The Bertz CT molecular complexity index is 1130. The molecule has 0 amide bonds. The van der Waals surface area contributed by atoms with Crippen LogP contribution >= 0.6 is 0 Å². The Morgan fingerprint density at radius 3 is 2.96 bits per heavy atom. The Labute approximate surface area is 149 Å². The molecule has 9 nitrogen and oxygen atoms in total. The van der Waals surface area contributed by atoms with Crippen LogP contribution in [-0.2, 0) is 14.8 Å². The van der Waals surface area contributed by atoms with Gasteiger partial charge in [-0.3, -0.25) is 9.52 Å². The second kappa shape index (κ2) is 6.22. The number of nitrogens with zero attached hydrogens (tertiary/aromatic N) is 3. The van der Waals surface area contributed by atoms with Gasteiger partial charge in [0, 0.05) is 17.7 Å². The summed E-state index contributed by atoms with van der Waals surface area (Å²) < 4.78 is 34.6. The SMILES string of the molecule is Cc1cc2cc(S(=O)(=O)Nc3cn(C4CCOC4)nn3)ccc2[nH]c1=O. The molecule has 4 rings (SSSR count). The Morgan fingerprint density at radius 2 is 2.19 bits per heavy atom. The molecule has 2 N–H and O–H groups in total. The first-order chi connectivity index (χ1) is 12.4. The third-order valence-electron chi connectivity index (χ3n) is 4.34. The van der Waals surface area contributed by atoms with Crippen molar-refractivity contribution < 1.29 is 13.2 Å². The van der Waals surface area contributed by atoms with E-state index in [9.17, 15) is 13.2 Å². The maximum atomic E-state index is 12.6. The zero-order valence-corrected chi connectivity index (χ0v) is 14.8. The summed E-state index contributed by atoms with van der Waals surface area (Å²) in [5.41, 5.74) is 0.896. The molecule has 0 bridgehead atoms.